The Bertz CT molecular complexity index is 1010. The van der Waals surface area contributed by atoms with E-state index in [2.05, 4.69) is 0 Å². The van der Waals surface area contributed by atoms with Crippen molar-refractivity contribution in [1.29, 1.82) is 0 Å². The minimum absolute atomic E-state index is 0.0351. The third kappa shape index (κ3) is 3.03. The Kier molecular flexibility index (Phi) is 4.83. The number of hydrogen-bond acceptors (Lipinski definition) is 3. The molecule has 5 rings (SSSR count). The molecule has 154 valence electrons. The van der Waals surface area contributed by atoms with Gasteiger partial charge in [-0.2, -0.15) is 5.01 Å². The zero-order valence-corrected chi connectivity index (χ0v) is 17.6. The molecule has 2 saturated carbocycles. The van der Waals surface area contributed by atoms with Crippen LogP contribution in [0.15, 0.2) is 48.5 Å². The van der Waals surface area contributed by atoms with Crippen LogP contribution in [0.5, 0.6) is 0 Å². The molecule has 2 aliphatic carbocycles. The number of rotatable bonds is 4. The molecule has 3 fully saturated rings. The maximum Gasteiger partial charge on any atom is 0.273 e. The SMILES string of the molecule is O=C(c1ccc(Cl)cc1)N(Cc1ccccc1Cl)N1C(=O)[C@H]2[C@H]3CC[C@@H](C3)[C@@H]2C1=O. The van der Waals surface area contributed by atoms with Crippen LogP contribution in [0.25, 0.3) is 0 Å². The summed E-state index contributed by atoms with van der Waals surface area (Å²) < 4.78 is 0. The monoisotopic (exact) mass is 442 g/mol. The fourth-order valence-corrected chi connectivity index (χ4v) is 5.72. The third-order valence-electron chi connectivity index (χ3n) is 6.75. The molecule has 1 heterocycles. The van der Waals surface area contributed by atoms with E-state index in [0.717, 1.165) is 24.3 Å². The van der Waals surface area contributed by atoms with E-state index in [9.17, 15) is 14.4 Å². The minimum atomic E-state index is -0.430. The summed E-state index contributed by atoms with van der Waals surface area (Å²) in [5.41, 5.74) is 1.02. The lowest BCUT2D eigenvalue weighted by Crippen LogP contribution is -2.50. The van der Waals surface area contributed by atoms with Crippen molar-refractivity contribution in [1.82, 2.24) is 10.0 Å². The Hall–Kier alpha value is -2.37. The van der Waals surface area contributed by atoms with Crippen molar-refractivity contribution < 1.29 is 14.4 Å². The quantitative estimate of drug-likeness (QED) is 0.650. The second-order valence-electron chi connectivity index (χ2n) is 8.33. The highest BCUT2D eigenvalue weighted by Gasteiger charge is 2.62. The van der Waals surface area contributed by atoms with Crippen LogP contribution in [0.2, 0.25) is 10.0 Å². The lowest BCUT2D eigenvalue weighted by molar-refractivity contribution is -0.156. The Morgan fingerprint density at radius 3 is 2.13 bits per heavy atom. The number of carbonyl (C=O) groups excluding carboxylic acids is 3. The molecule has 2 aromatic carbocycles. The molecule has 30 heavy (non-hydrogen) atoms. The van der Waals surface area contributed by atoms with Crippen molar-refractivity contribution in [2.24, 2.45) is 23.7 Å². The Balaban J connectivity index is 1.53. The average Bonchev–Trinajstić information content (AvgIpc) is 3.42. The summed E-state index contributed by atoms with van der Waals surface area (Å²) in [6.45, 7) is 0.0351. The maximum atomic E-state index is 13.4. The van der Waals surface area contributed by atoms with E-state index in [1.165, 1.54) is 5.01 Å². The van der Waals surface area contributed by atoms with Crippen LogP contribution in [-0.2, 0) is 16.1 Å². The van der Waals surface area contributed by atoms with Crippen molar-refractivity contribution in [2.45, 2.75) is 25.8 Å². The number of imide groups is 1. The van der Waals surface area contributed by atoms with E-state index in [0.29, 0.717) is 21.2 Å². The van der Waals surface area contributed by atoms with Gasteiger partial charge in [-0.25, -0.2) is 5.01 Å². The van der Waals surface area contributed by atoms with Crippen LogP contribution < -0.4 is 0 Å². The maximum absolute atomic E-state index is 13.4. The van der Waals surface area contributed by atoms with Crippen molar-refractivity contribution >= 4 is 40.9 Å². The number of nitrogens with zero attached hydrogens (tertiary/aromatic N) is 2. The predicted molar refractivity (Wildman–Crippen MR) is 112 cm³/mol. The van der Waals surface area contributed by atoms with Crippen molar-refractivity contribution in [3.63, 3.8) is 0 Å². The Morgan fingerprint density at radius 1 is 0.933 bits per heavy atom. The summed E-state index contributed by atoms with van der Waals surface area (Å²) in [6, 6.07) is 13.6. The van der Waals surface area contributed by atoms with Crippen molar-refractivity contribution in [3.05, 3.63) is 69.7 Å². The van der Waals surface area contributed by atoms with Gasteiger partial charge in [-0.15, -0.1) is 0 Å². The first-order valence-electron chi connectivity index (χ1n) is 10.1. The highest BCUT2D eigenvalue weighted by Crippen LogP contribution is 2.56. The number of fused-ring (bicyclic) bond motifs is 5. The molecule has 3 amide bonds. The van der Waals surface area contributed by atoms with E-state index < -0.39 is 5.91 Å². The molecule has 0 unspecified atom stereocenters. The van der Waals surface area contributed by atoms with Crippen LogP contribution in [-0.4, -0.2) is 27.7 Å². The molecule has 4 atom stereocenters. The Labute approximate surface area is 184 Å². The molecule has 0 spiro atoms. The first-order valence-corrected chi connectivity index (χ1v) is 10.9. The molecule has 1 saturated heterocycles. The summed E-state index contributed by atoms with van der Waals surface area (Å²) >= 11 is 12.3. The Morgan fingerprint density at radius 2 is 1.53 bits per heavy atom. The lowest BCUT2D eigenvalue weighted by atomic mass is 9.81. The number of amides is 3. The van der Waals surface area contributed by atoms with Crippen molar-refractivity contribution in [2.75, 3.05) is 0 Å². The highest BCUT2D eigenvalue weighted by molar-refractivity contribution is 6.31. The van der Waals surface area contributed by atoms with E-state index in [-0.39, 0.29) is 42.0 Å². The number of halogens is 2. The van der Waals surface area contributed by atoms with Crippen LogP contribution in [0.1, 0.15) is 35.2 Å². The molecular weight excluding hydrogens is 423 g/mol. The third-order valence-corrected chi connectivity index (χ3v) is 7.37. The summed E-state index contributed by atoms with van der Waals surface area (Å²) in [7, 11) is 0. The molecule has 2 bridgehead atoms. The van der Waals surface area contributed by atoms with Gasteiger partial charge >= 0.3 is 0 Å². The lowest BCUT2D eigenvalue weighted by Gasteiger charge is -2.31. The minimum Gasteiger partial charge on any atom is -0.272 e. The second-order valence-corrected chi connectivity index (χ2v) is 9.18. The van der Waals surface area contributed by atoms with E-state index in [1.54, 1.807) is 42.5 Å². The molecule has 0 N–H and O–H groups in total. The highest BCUT2D eigenvalue weighted by atomic mass is 35.5. The zero-order chi connectivity index (χ0) is 21.0. The van der Waals surface area contributed by atoms with E-state index >= 15 is 0 Å². The molecular formula is C23H20Cl2N2O3. The van der Waals surface area contributed by atoms with Gasteiger partial charge in [-0.3, -0.25) is 14.4 Å². The van der Waals surface area contributed by atoms with Gasteiger partial charge in [0, 0.05) is 15.6 Å². The largest absolute Gasteiger partial charge is 0.273 e. The van der Waals surface area contributed by atoms with E-state index in [4.69, 9.17) is 23.2 Å². The van der Waals surface area contributed by atoms with E-state index in [1.807, 2.05) is 6.07 Å². The summed E-state index contributed by atoms with van der Waals surface area (Å²) in [4.78, 5) is 40.1. The van der Waals surface area contributed by atoms with Crippen LogP contribution in [0.4, 0.5) is 0 Å². The molecule has 1 aliphatic heterocycles. The van der Waals surface area contributed by atoms with Gasteiger partial charge in [0.2, 0.25) is 0 Å². The van der Waals surface area contributed by atoms with Gasteiger partial charge < -0.3 is 0 Å². The topological polar surface area (TPSA) is 57.7 Å². The fourth-order valence-electron chi connectivity index (χ4n) is 5.39. The number of carbonyl (C=O) groups is 3. The van der Waals surface area contributed by atoms with Gasteiger partial charge in [0.1, 0.15) is 0 Å². The molecule has 0 radical (unpaired) electrons. The normalized spacial score (nSPS) is 26.9. The van der Waals surface area contributed by atoms with Gasteiger partial charge in [-0.1, -0.05) is 41.4 Å². The van der Waals surface area contributed by atoms with Crippen molar-refractivity contribution in [3.8, 4) is 0 Å². The standard InChI is InChI=1S/C23H20Cl2N2O3/c24-17-9-7-13(8-10-17)21(28)26(12-16-3-1-2-4-18(16)25)27-22(29)19-14-5-6-15(11-14)20(19)23(27)30/h1-4,7-10,14-15,19-20H,5-6,11-12H2/t14-,15-,19-,20-/m0/s1. The zero-order valence-electron chi connectivity index (χ0n) is 16.1. The smallest absolute Gasteiger partial charge is 0.272 e. The molecule has 0 aromatic heterocycles. The molecule has 5 nitrogen and oxygen atoms in total. The predicted octanol–water partition coefficient (Wildman–Crippen LogP) is 4.58. The second kappa shape index (κ2) is 7.40. The average molecular weight is 443 g/mol. The summed E-state index contributed by atoms with van der Waals surface area (Å²) in [5.74, 6) is -1.06. The first kappa shape index (κ1) is 19.6. The van der Waals surface area contributed by atoms with Crippen LogP contribution in [0, 0.1) is 23.7 Å². The molecule has 7 heteroatoms. The molecule has 2 aromatic rings. The van der Waals surface area contributed by atoms with Gasteiger partial charge in [0.05, 0.1) is 18.4 Å². The number of benzene rings is 2. The van der Waals surface area contributed by atoms with Gasteiger partial charge in [0.25, 0.3) is 17.7 Å². The van der Waals surface area contributed by atoms with Gasteiger partial charge in [0.15, 0.2) is 0 Å². The van der Waals surface area contributed by atoms with Crippen LogP contribution in [0.3, 0.4) is 0 Å². The molecule has 3 aliphatic rings. The summed E-state index contributed by atoms with van der Waals surface area (Å²) in [5, 5.41) is 3.34. The van der Waals surface area contributed by atoms with Gasteiger partial charge in [-0.05, 0) is 67.0 Å². The first-order chi connectivity index (χ1) is 14.5. The number of hydrazine groups is 1. The van der Waals surface area contributed by atoms with Crippen LogP contribution >= 0.6 is 23.2 Å². The fraction of sp³-hybridized carbons (Fsp3) is 0.348. The number of hydrogen-bond donors (Lipinski definition) is 0. The summed E-state index contributed by atoms with van der Waals surface area (Å²) in [6.07, 6.45) is 2.90.